The fourth-order valence-electron chi connectivity index (χ4n) is 4.43. The van der Waals surface area contributed by atoms with E-state index in [9.17, 15) is 4.79 Å². The smallest absolute Gasteiger partial charge is 0.223 e. The standard InChI is InChI=1S/C20H26ClNO3/c1-22(2)17(23)12-20-10-6-5-7-13(20)8-9-14-15(21)11-16(24-3)19(25-4)18(14)20/h6,10-11,13H,5,7-9,12H2,1-4H3/t13-,20+/m0/s1. The van der Waals surface area contributed by atoms with E-state index in [2.05, 4.69) is 12.2 Å². The first kappa shape index (κ1) is 18.1. The van der Waals surface area contributed by atoms with Crippen LogP contribution in [-0.2, 0) is 16.6 Å². The Labute approximate surface area is 154 Å². The van der Waals surface area contributed by atoms with Gasteiger partial charge in [-0.05, 0) is 37.2 Å². The number of rotatable bonds is 4. The largest absolute Gasteiger partial charge is 0.493 e. The van der Waals surface area contributed by atoms with Gasteiger partial charge in [0.15, 0.2) is 11.5 Å². The lowest BCUT2D eigenvalue weighted by Gasteiger charge is -2.46. The maximum atomic E-state index is 12.7. The van der Waals surface area contributed by atoms with Gasteiger partial charge in [0.25, 0.3) is 0 Å². The minimum Gasteiger partial charge on any atom is -0.493 e. The summed E-state index contributed by atoms with van der Waals surface area (Å²) < 4.78 is 11.3. The molecule has 3 rings (SSSR count). The summed E-state index contributed by atoms with van der Waals surface area (Å²) in [5.74, 6) is 1.86. The topological polar surface area (TPSA) is 38.8 Å². The van der Waals surface area contributed by atoms with Crippen molar-refractivity contribution < 1.29 is 14.3 Å². The lowest BCUT2D eigenvalue weighted by atomic mass is 9.58. The molecule has 25 heavy (non-hydrogen) atoms. The highest BCUT2D eigenvalue weighted by Gasteiger charge is 2.48. The first-order valence-electron chi connectivity index (χ1n) is 8.76. The molecule has 0 radical (unpaired) electrons. The van der Waals surface area contributed by atoms with Gasteiger partial charge in [0.1, 0.15) is 0 Å². The molecular formula is C20H26ClNO3. The molecule has 0 aliphatic heterocycles. The summed E-state index contributed by atoms with van der Waals surface area (Å²) in [5, 5.41) is 0.696. The minimum absolute atomic E-state index is 0.116. The van der Waals surface area contributed by atoms with E-state index in [-0.39, 0.29) is 11.3 Å². The fraction of sp³-hybridized carbons (Fsp3) is 0.550. The Balaban J connectivity index is 2.27. The Kier molecular flexibility index (Phi) is 5.01. The quantitative estimate of drug-likeness (QED) is 0.759. The molecule has 0 N–H and O–H groups in total. The summed E-state index contributed by atoms with van der Waals surface area (Å²) >= 11 is 6.59. The van der Waals surface area contributed by atoms with Gasteiger partial charge < -0.3 is 14.4 Å². The second kappa shape index (κ2) is 6.91. The summed E-state index contributed by atoms with van der Waals surface area (Å²) in [6, 6.07) is 1.83. The number of fused-ring (bicyclic) bond motifs is 3. The molecule has 0 unspecified atom stereocenters. The van der Waals surface area contributed by atoms with E-state index in [1.165, 1.54) is 0 Å². The van der Waals surface area contributed by atoms with Crippen LogP contribution in [0.2, 0.25) is 5.02 Å². The molecule has 1 amide bonds. The maximum Gasteiger partial charge on any atom is 0.223 e. The Morgan fingerprint density at radius 3 is 2.72 bits per heavy atom. The summed E-state index contributed by atoms with van der Waals surface area (Å²) in [6.45, 7) is 0. The van der Waals surface area contributed by atoms with Crippen LogP contribution in [0.3, 0.4) is 0 Å². The third-order valence-corrected chi connectivity index (χ3v) is 6.04. The monoisotopic (exact) mass is 363 g/mol. The molecule has 1 aromatic carbocycles. The fourth-order valence-corrected chi connectivity index (χ4v) is 4.72. The Hall–Kier alpha value is -1.68. The predicted molar refractivity (Wildman–Crippen MR) is 99.7 cm³/mol. The van der Waals surface area contributed by atoms with Crippen LogP contribution in [0, 0.1) is 5.92 Å². The zero-order valence-corrected chi connectivity index (χ0v) is 16.2. The van der Waals surface area contributed by atoms with Crippen LogP contribution in [0.25, 0.3) is 0 Å². The van der Waals surface area contributed by atoms with Gasteiger partial charge in [0.2, 0.25) is 5.91 Å². The molecule has 0 bridgehead atoms. The average Bonchev–Trinajstić information content (AvgIpc) is 2.61. The van der Waals surface area contributed by atoms with Crippen molar-refractivity contribution in [2.75, 3.05) is 28.3 Å². The van der Waals surface area contributed by atoms with E-state index < -0.39 is 0 Å². The van der Waals surface area contributed by atoms with E-state index in [0.29, 0.717) is 28.9 Å². The van der Waals surface area contributed by atoms with Crippen molar-refractivity contribution in [3.05, 3.63) is 34.4 Å². The number of benzene rings is 1. The summed E-state index contributed by atoms with van der Waals surface area (Å²) in [5.41, 5.74) is 1.76. The molecule has 2 atom stereocenters. The molecule has 136 valence electrons. The Morgan fingerprint density at radius 2 is 2.08 bits per heavy atom. The summed E-state index contributed by atoms with van der Waals surface area (Å²) in [6.07, 6.45) is 8.92. The van der Waals surface area contributed by atoms with Crippen molar-refractivity contribution in [2.45, 2.75) is 37.5 Å². The molecule has 0 saturated heterocycles. The average molecular weight is 364 g/mol. The summed E-state index contributed by atoms with van der Waals surface area (Å²) in [7, 11) is 6.89. The number of hydrogen-bond acceptors (Lipinski definition) is 3. The van der Waals surface area contributed by atoms with E-state index in [0.717, 1.165) is 36.8 Å². The SMILES string of the molecule is COc1cc(Cl)c2c(c1OC)[C@@]1(CC(=O)N(C)C)C=CCC[C@H]1CC2. The number of carbonyl (C=O) groups excluding carboxylic acids is 1. The van der Waals surface area contributed by atoms with Crippen molar-refractivity contribution in [1.82, 2.24) is 4.90 Å². The number of methoxy groups -OCH3 is 2. The second-order valence-corrected chi connectivity index (χ2v) is 7.58. The van der Waals surface area contributed by atoms with E-state index in [1.807, 2.05) is 6.07 Å². The van der Waals surface area contributed by atoms with Crippen molar-refractivity contribution in [1.29, 1.82) is 0 Å². The predicted octanol–water partition coefficient (Wildman–Crippen LogP) is 3.99. The second-order valence-electron chi connectivity index (χ2n) is 7.17. The molecule has 2 aliphatic carbocycles. The normalized spacial score (nSPS) is 24.3. The molecule has 2 aliphatic rings. The molecule has 0 heterocycles. The molecule has 0 aromatic heterocycles. The van der Waals surface area contributed by atoms with Crippen LogP contribution in [-0.4, -0.2) is 39.1 Å². The van der Waals surface area contributed by atoms with Gasteiger partial charge in [-0.2, -0.15) is 0 Å². The lowest BCUT2D eigenvalue weighted by molar-refractivity contribution is -0.130. The Morgan fingerprint density at radius 1 is 1.32 bits per heavy atom. The van der Waals surface area contributed by atoms with E-state index in [4.69, 9.17) is 21.1 Å². The van der Waals surface area contributed by atoms with E-state index in [1.54, 1.807) is 33.2 Å². The van der Waals surface area contributed by atoms with Crippen LogP contribution in [0.1, 0.15) is 36.8 Å². The van der Waals surface area contributed by atoms with Crippen molar-refractivity contribution in [3.8, 4) is 11.5 Å². The van der Waals surface area contributed by atoms with Crippen LogP contribution < -0.4 is 9.47 Å². The number of nitrogens with zero attached hydrogens (tertiary/aromatic N) is 1. The number of halogens is 1. The molecule has 0 spiro atoms. The van der Waals surface area contributed by atoms with Crippen LogP contribution >= 0.6 is 11.6 Å². The third kappa shape index (κ3) is 2.91. The molecule has 0 fully saturated rings. The third-order valence-electron chi connectivity index (χ3n) is 5.70. The lowest BCUT2D eigenvalue weighted by Crippen LogP contribution is -2.44. The Bertz CT molecular complexity index is 713. The molecule has 4 nitrogen and oxygen atoms in total. The van der Waals surface area contributed by atoms with Gasteiger partial charge in [-0.3, -0.25) is 4.79 Å². The molecule has 0 saturated carbocycles. The number of carbonyl (C=O) groups is 1. The van der Waals surface area contributed by atoms with Gasteiger partial charge in [-0.25, -0.2) is 0 Å². The van der Waals surface area contributed by atoms with Crippen LogP contribution in [0.4, 0.5) is 0 Å². The van der Waals surface area contributed by atoms with Gasteiger partial charge >= 0.3 is 0 Å². The van der Waals surface area contributed by atoms with Crippen molar-refractivity contribution in [3.63, 3.8) is 0 Å². The van der Waals surface area contributed by atoms with Gasteiger partial charge in [0, 0.05) is 42.6 Å². The van der Waals surface area contributed by atoms with Crippen LogP contribution in [0.15, 0.2) is 18.2 Å². The number of hydrogen-bond donors (Lipinski definition) is 0. The van der Waals surface area contributed by atoms with E-state index >= 15 is 0 Å². The van der Waals surface area contributed by atoms with Crippen molar-refractivity contribution >= 4 is 17.5 Å². The van der Waals surface area contributed by atoms with Gasteiger partial charge in [-0.15, -0.1) is 0 Å². The highest BCUT2D eigenvalue weighted by Crippen LogP contribution is 2.56. The zero-order chi connectivity index (χ0) is 18.2. The number of allylic oxidation sites excluding steroid dienone is 2. The van der Waals surface area contributed by atoms with Crippen LogP contribution in [0.5, 0.6) is 11.5 Å². The van der Waals surface area contributed by atoms with Gasteiger partial charge in [-0.1, -0.05) is 23.8 Å². The molecule has 5 heteroatoms. The molecule has 1 aromatic rings. The van der Waals surface area contributed by atoms with Gasteiger partial charge in [0.05, 0.1) is 14.2 Å². The first-order chi connectivity index (χ1) is 11.9. The first-order valence-corrected chi connectivity index (χ1v) is 9.14. The maximum absolute atomic E-state index is 12.7. The highest BCUT2D eigenvalue weighted by molar-refractivity contribution is 6.31. The number of ether oxygens (including phenoxy) is 2. The zero-order valence-electron chi connectivity index (χ0n) is 15.4. The molecular weight excluding hydrogens is 338 g/mol. The highest BCUT2D eigenvalue weighted by atomic mass is 35.5. The minimum atomic E-state index is -0.378. The number of amides is 1. The van der Waals surface area contributed by atoms with Crippen molar-refractivity contribution in [2.24, 2.45) is 5.92 Å². The summed E-state index contributed by atoms with van der Waals surface area (Å²) in [4.78, 5) is 14.4.